The minimum Gasteiger partial charge on any atom is -0.449 e. The number of benzene rings is 1. The van der Waals surface area contributed by atoms with Crippen LogP contribution in [0.1, 0.15) is 28.7 Å². The second-order valence-electron chi connectivity index (χ2n) is 6.05. The third-order valence-electron chi connectivity index (χ3n) is 3.77. The number of nitrogens with one attached hydrogen (secondary N) is 1. The van der Waals surface area contributed by atoms with Crippen molar-refractivity contribution in [1.82, 2.24) is 9.46 Å². The second-order valence-corrected chi connectivity index (χ2v) is 8.20. The first-order valence-corrected chi connectivity index (χ1v) is 9.45. The number of ether oxygens (including phenoxy) is 1. The lowest BCUT2D eigenvalue weighted by Crippen LogP contribution is -2.30. The molecule has 0 saturated carbocycles. The number of aromatic nitrogens is 1. The first-order chi connectivity index (χ1) is 12.5. The molecule has 0 aliphatic carbocycles. The largest absolute Gasteiger partial charge is 0.449 e. The van der Waals surface area contributed by atoms with Crippen molar-refractivity contribution >= 4 is 27.6 Å². The van der Waals surface area contributed by atoms with Gasteiger partial charge in [0.2, 0.25) is 10.0 Å². The van der Waals surface area contributed by atoms with Crippen molar-refractivity contribution in [1.29, 1.82) is 0 Å². The van der Waals surface area contributed by atoms with Crippen LogP contribution in [0.15, 0.2) is 33.7 Å². The van der Waals surface area contributed by atoms with Gasteiger partial charge < -0.3 is 14.6 Å². The zero-order valence-electron chi connectivity index (χ0n) is 15.6. The average molecular weight is 395 g/mol. The molecule has 146 valence electrons. The van der Waals surface area contributed by atoms with Crippen LogP contribution in [-0.4, -0.2) is 50.0 Å². The molecule has 0 spiro atoms. The number of carbonyl (C=O) groups is 2. The number of aryl methyl sites for hydroxylation is 2. The lowest BCUT2D eigenvalue weighted by Gasteiger charge is -2.15. The average Bonchev–Trinajstić information content (AvgIpc) is 2.93. The standard InChI is InChI=1S/C17H21N3O6S/c1-10-15(11(2)26-19-10)17(22)25-12(3)16(21)18-13-7-6-8-14(9-13)27(23,24)20(4)5/h6-9,12H,1-5H3,(H,18,21)/t12-/m0/s1. The van der Waals surface area contributed by atoms with E-state index in [4.69, 9.17) is 9.26 Å². The van der Waals surface area contributed by atoms with E-state index < -0.39 is 28.0 Å². The monoisotopic (exact) mass is 395 g/mol. The zero-order chi connectivity index (χ0) is 20.4. The molecule has 2 aromatic rings. The fourth-order valence-electron chi connectivity index (χ4n) is 2.24. The lowest BCUT2D eigenvalue weighted by molar-refractivity contribution is -0.123. The van der Waals surface area contributed by atoms with Gasteiger partial charge in [0.25, 0.3) is 5.91 Å². The Balaban J connectivity index is 2.10. The predicted octanol–water partition coefficient (Wildman–Crippen LogP) is 1.73. The molecule has 0 saturated heterocycles. The summed E-state index contributed by atoms with van der Waals surface area (Å²) in [7, 11) is -0.807. The molecule has 0 bridgehead atoms. The van der Waals surface area contributed by atoms with Crippen LogP contribution in [-0.2, 0) is 19.6 Å². The van der Waals surface area contributed by atoms with Crippen LogP contribution in [0.3, 0.4) is 0 Å². The van der Waals surface area contributed by atoms with Crippen molar-refractivity contribution in [3.63, 3.8) is 0 Å². The first kappa shape index (κ1) is 20.6. The van der Waals surface area contributed by atoms with Gasteiger partial charge in [0.05, 0.1) is 10.6 Å². The highest BCUT2D eigenvalue weighted by Crippen LogP contribution is 2.19. The number of hydrogen-bond donors (Lipinski definition) is 1. The summed E-state index contributed by atoms with van der Waals surface area (Å²) in [6, 6.07) is 5.80. The van der Waals surface area contributed by atoms with Crippen molar-refractivity contribution < 1.29 is 27.3 Å². The van der Waals surface area contributed by atoms with Crippen LogP contribution in [0, 0.1) is 13.8 Å². The molecule has 0 aliphatic heterocycles. The van der Waals surface area contributed by atoms with Gasteiger partial charge >= 0.3 is 5.97 Å². The quantitative estimate of drug-likeness (QED) is 0.740. The fourth-order valence-corrected chi connectivity index (χ4v) is 3.18. The van der Waals surface area contributed by atoms with E-state index in [0.717, 1.165) is 4.31 Å². The molecule has 1 heterocycles. The summed E-state index contributed by atoms with van der Waals surface area (Å²) in [5, 5.41) is 6.20. The van der Waals surface area contributed by atoms with E-state index in [1.165, 1.54) is 45.3 Å². The minimum absolute atomic E-state index is 0.0330. The van der Waals surface area contributed by atoms with E-state index in [2.05, 4.69) is 10.5 Å². The smallest absolute Gasteiger partial charge is 0.344 e. The van der Waals surface area contributed by atoms with E-state index in [-0.39, 0.29) is 16.1 Å². The molecule has 1 atom stereocenters. The van der Waals surface area contributed by atoms with Crippen molar-refractivity contribution in [2.75, 3.05) is 19.4 Å². The molecule has 0 unspecified atom stereocenters. The van der Waals surface area contributed by atoms with Gasteiger partial charge in [-0.15, -0.1) is 0 Å². The van der Waals surface area contributed by atoms with Crippen molar-refractivity contribution in [2.45, 2.75) is 31.8 Å². The molecule has 0 radical (unpaired) electrons. The highest BCUT2D eigenvalue weighted by Gasteiger charge is 2.25. The molecule has 9 nitrogen and oxygen atoms in total. The Labute approximate surface area is 157 Å². The second kappa shape index (κ2) is 7.89. The minimum atomic E-state index is -3.63. The number of hydrogen-bond acceptors (Lipinski definition) is 7. The number of anilines is 1. The SMILES string of the molecule is Cc1noc(C)c1C(=O)O[C@@H](C)C(=O)Nc1cccc(S(=O)(=O)N(C)C)c1. The third-order valence-corrected chi connectivity index (χ3v) is 5.58. The molecule has 1 amide bonds. The van der Waals surface area contributed by atoms with Crippen LogP contribution in [0.4, 0.5) is 5.69 Å². The number of amides is 1. The molecule has 0 fully saturated rings. The van der Waals surface area contributed by atoms with Crippen LogP contribution in [0.5, 0.6) is 0 Å². The van der Waals surface area contributed by atoms with Crippen molar-refractivity contribution in [3.8, 4) is 0 Å². The predicted molar refractivity (Wildman–Crippen MR) is 96.8 cm³/mol. The Morgan fingerprint density at radius 2 is 1.93 bits per heavy atom. The van der Waals surface area contributed by atoms with E-state index in [0.29, 0.717) is 11.5 Å². The summed E-state index contributed by atoms with van der Waals surface area (Å²) in [5.74, 6) is -1.03. The van der Waals surface area contributed by atoms with Gasteiger partial charge in [-0.1, -0.05) is 11.2 Å². The summed E-state index contributed by atoms with van der Waals surface area (Å²) >= 11 is 0. The summed E-state index contributed by atoms with van der Waals surface area (Å²) in [5.41, 5.74) is 0.809. The maximum absolute atomic E-state index is 12.3. The van der Waals surface area contributed by atoms with Gasteiger partial charge in [-0.3, -0.25) is 4.79 Å². The maximum atomic E-state index is 12.3. The molecular formula is C17H21N3O6S. The number of rotatable bonds is 6. The maximum Gasteiger partial charge on any atom is 0.344 e. The summed E-state index contributed by atoms with van der Waals surface area (Å²) in [6.45, 7) is 4.57. The summed E-state index contributed by atoms with van der Waals surface area (Å²) in [4.78, 5) is 24.5. The molecule has 2 rings (SSSR count). The van der Waals surface area contributed by atoms with E-state index >= 15 is 0 Å². The van der Waals surface area contributed by atoms with Crippen LogP contribution in [0.25, 0.3) is 0 Å². The van der Waals surface area contributed by atoms with Crippen LogP contribution in [0.2, 0.25) is 0 Å². The number of esters is 1. The Hall–Kier alpha value is -2.72. The molecular weight excluding hydrogens is 374 g/mol. The third kappa shape index (κ3) is 4.52. The highest BCUT2D eigenvalue weighted by molar-refractivity contribution is 7.89. The fraction of sp³-hybridized carbons (Fsp3) is 0.353. The molecule has 27 heavy (non-hydrogen) atoms. The zero-order valence-corrected chi connectivity index (χ0v) is 16.5. The van der Waals surface area contributed by atoms with Gasteiger partial charge in [-0.25, -0.2) is 17.5 Å². The van der Waals surface area contributed by atoms with Gasteiger partial charge in [-0.2, -0.15) is 0 Å². The van der Waals surface area contributed by atoms with Crippen LogP contribution >= 0.6 is 0 Å². The summed E-state index contributed by atoms with van der Waals surface area (Å²) in [6.07, 6.45) is -1.11. The Morgan fingerprint density at radius 1 is 1.26 bits per heavy atom. The number of sulfonamides is 1. The Kier molecular flexibility index (Phi) is 6.01. The van der Waals surface area contributed by atoms with E-state index in [9.17, 15) is 18.0 Å². The highest BCUT2D eigenvalue weighted by atomic mass is 32.2. The van der Waals surface area contributed by atoms with Crippen molar-refractivity contribution in [3.05, 3.63) is 41.3 Å². The Bertz CT molecular complexity index is 945. The molecule has 1 aromatic heterocycles. The Morgan fingerprint density at radius 3 is 2.48 bits per heavy atom. The topological polar surface area (TPSA) is 119 Å². The van der Waals surface area contributed by atoms with Gasteiger partial charge in [0, 0.05) is 19.8 Å². The number of carbonyl (C=O) groups excluding carboxylic acids is 2. The van der Waals surface area contributed by atoms with Crippen molar-refractivity contribution in [2.24, 2.45) is 0 Å². The lowest BCUT2D eigenvalue weighted by atomic mass is 10.2. The number of nitrogens with zero attached hydrogens (tertiary/aromatic N) is 2. The molecule has 10 heteroatoms. The molecule has 1 N–H and O–H groups in total. The van der Waals surface area contributed by atoms with Crippen LogP contribution < -0.4 is 5.32 Å². The van der Waals surface area contributed by atoms with Gasteiger partial charge in [0.1, 0.15) is 11.3 Å². The van der Waals surface area contributed by atoms with Gasteiger partial charge in [-0.05, 0) is 39.0 Å². The summed E-state index contributed by atoms with van der Waals surface area (Å²) < 4.78 is 35.5. The van der Waals surface area contributed by atoms with E-state index in [1.54, 1.807) is 13.8 Å². The normalized spacial score (nSPS) is 12.7. The molecule has 1 aromatic carbocycles. The first-order valence-electron chi connectivity index (χ1n) is 8.01. The van der Waals surface area contributed by atoms with Gasteiger partial charge in [0.15, 0.2) is 6.10 Å². The van der Waals surface area contributed by atoms with E-state index in [1.807, 2.05) is 0 Å². The molecule has 0 aliphatic rings.